The van der Waals surface area contributed by atoms with Crippen LogP contribution in [0.25, 0.3) is 0 Å². The van der Waals surface area contributed by atoms with Crippen molar-refractivity contribution in [2.24, 2.45) is 0 Å². The van der Waals surface area contributed by atoms with Crippen LogP contribution in [0.4, 0.5) is 0 Å². The molecule has 2 heterocycles. The zero-order valence-electron chi connectivity index (χ0n) is 8.22. The second-order valence-electron chi connectivity index (χ2n) is 3.75. The maximum atomic E-state index is 11.2. The highest BCUT2D eigenvalue weighted by atomic mass is 32.2. The number of aromatic nitrogens is 1. The number of aliphatic hydroxyl groups excluding tert-OH is 1. The van der Waals surface area contributed by atoms with Gasteiger partial charge in [0, 0.05) is 13.0 Å². The van der Waals surface area contributed by atoms with E-state index in [1.807, 2.05) is 0 Å². The Morgan fingerprint density at radius 2 is 2.40 bits per heavy atom. The van der Waals surface area contributed by atoms with Crippen LogP contribution in [0.2, 0.25) is 0 Å². The maximum absolute atomic E-state index is 11.2. The van der Waals surface area contributed by atoms with E-state index >= 15 is 0 Å². The molecule has 1 aliphatic heterocycles. The summed E-state index contributed by atoms with van der Waals surface area (Å²) in [6.45, 7) is 0.0228. The lowest BCUT2D eigenvalue weighted by Crippen LogP contribution is -2.04. The van der Waals surface area contributed by atoms with Gasteiger partial charge in [0.05, 0.1) is 23.1 Å². The lowest BCUT2D eigenvalue weighted by Gasteiger charge is -1.99. The minimum atomic E-state index is -2.90. The van der Waals surface area contributed by atoms with Gasteiger partial charge in [-0.1, -0.05) is 0 Å². The zero-order chi connectivity index (χ0) is 10.9. The normalized spacial score (nSPS) is 24.5. The molecule has 1 atom stereocenters. The molecule has 0 spiro atoms. The third-order valence-corrected chi connectivity index (χ3v) is 4.29. The molecule has 0 bridgehead atoms. The molecule has 0 aliphatic carbocycles. The Morgan fingerprint density at radius 1 is 1.60 bits per heavy atom. The van der Waals surface area contributed by atoms with E-state index in [0.29, 0.717) is 24.4 Å². The van der Waals surface area contributed by atoms with Gasteiger partial charge in [0.2, 0.25) is 0 Å². The molecule has 1 fully saturated rings. The van der Waals surface area contributed by atoms with Gasteiger partial charge in [-0.15, -0.1) is 0 Å². The van der Waals surface area contributed by atoms with Crippen LogP contribution >= 0.6 is 0 Å². The molecular formula is C9H13NO4S. The lowest BCUT2D eigenvalue weighted by molar-refractivity contribution is 0.298. The Balaban J connectivity index is 2.10. The first-order valence-electron chi connectivity index (χ1n) is 4.86. The van der Waals surface area contributed by atoms with E-state index in [-0.39, 0.29) is 24.0 Å². The van der Waals surface area contributed by atoms with Gasteiger partial charge in [-0.25, -0.2) is 13.4 Å². The maximum Gasteiger partial charge on any atom is 0.198 e. The summed E-state index contributed by atoms with van der Waals surface area (Å²) in [5.41, 5.74) is 0.678. The van der Waals surface area contributed by atoms with Crippen LogP contribution in [0.1, 0.15) is 23.9 Å². The van der Waals surface area contributed by atoms with Gasteiger partial charge in [0.25, 0.3) is 0 Å². The van der Waals surface area contributed by atoms with Crippen LogP contribution in [0.5, 0.6) is 0 Å². The lowest BCUT2D eigenvalue weighted by atomic mass is 10.1. The quantitative estimate of drug-likeness (QED) is 0.798. The first kappa shape index (κ1) is 10.6. The zero-order valence-corrected chi connectivity index (χ0v) is 9.03. The fourth-order valence-corrected chi connectivity index (χ4v) is 3.46. The second-order valence-corrected chi connectivity index (χ2v) is 5.98. The fourth-order valence-electron chi connectivity index (χ4n) is 1.73. The molecule has 1 aliphatic rings. The second kappa shape index (κ2) is 3.94. The van der Waals surface area contributed by atoms with E-state index in [2.05, 4.69) is 4.98 Å². The molecular weight excluding hydrogens is 218 g/mol. The first-order valence-corrected chi connectivity index (χ1v) is 6.68. The van der Waals surface area contributed by atoms with Crippen LogP contribution in [0.3, 0.4) is 0 Å². The minimum absolute atomic E-state index is 0.0228. The highest BCUT2D eigenvalue weighted by Gasteiger charge is 2.32. The van der Waals surface area contributed by atoms with Gasteiger partial charge in [-0.05, 0) is 6.42 Å². The molecule has 1 aromatic heterocycles. The molecule has 5 nitrogen and oxygen atoms in total. The average Bonchev–Trinajstić information content (AvgIpc) is 2.73. The highest BCUT2D eigenvalue weighted by molar-refractivity contribution is 7.91. The van der Waals surface area contributed by atoms with E-state index in [0.717, 1.165) is 0 Å². The summed E-state index contributed by atoms with van der Waals surface area (Å²) in [5, 5.41) is 8.70. The van der Waals surface area contributed by atoms with Crippen LogP contribution in [0, 0.1) is 0 Å². The van der Waals surface area contributed by atoms with Crippen molar-refractivity contribution in [1.29, 1.82) is 0 Å². The van der Waals surface area contributed by atoms with Gasteiger partial charge in [0.1, 0.15) is 6.26 Å². The molecule has 1 saturated heterocycles. The summed E-state index contributed by atoms with van der Waals surface area (Å²) < 4.78 is 27.7. The SMILES string of the molecule is O=S1(=O)CCC(c2nc(CCO)co2)C1. The van der Waals surface area contributed by atoms with Gasteiger partial charge in [-0.3, -0.25) is 0 Å². The fraction of sp³-hybridized carbons (Fsp3) is 0.667. The van der Waals surface area contributed by atoms with Crippen molar-refractivity contribution >= 4 is 9.84 Å². The molecule has 0 saturated carbocycles. The molecule has 1 N–H and O–H groups in total. The molecule has 0 amide bonds. The molecule has 2 rings (SSSR count). The van der Waals surface area contributed by atoms with E-state index in [1.54, 1.807) is 0 Å². The summed E-state index contributed by atoms with van der Waals surface area (Å²) in [7, 11) is -2.90. The standard InChI is InChI=1S/C9H13NO4S/c11-3-1-8-5-14-9(10-8)7-2-4-15(12,13)6-7/h5,7,11H,1-4,6H2. The van der Waals surface area contributed by atoms with Crippen molar-refractivity contribution < 1.29 is 17.9 Å². The first-order chi connectivity index (χ1) is 7.11. The number of hydrogen-bond acceptors (Lipinski definition) is 5. The number of aliphatic hydroxyl groups is 1. The Kier molecular flexibility index (Phi) is 2.79. The molecule has 0 aromatic carbocycles. The molecule has 0 radical (unpaired) electrons. The summed E-state index contributed by atoms with van der Waals surface area (Å²) in [5.74, 6) is 0.725. The predicted molar refractivity (Wildman–Crippen MR) is 53.3 cm³/mol. The van der Waals surface area contributed by atoms with Crippen molar-refractivity contribution in [1.82, 2.24) is 4.98 Å². The van der Waals surface area contributed by atoms with Crippen molar-refractivity contribution in [2.75, 3.05) is 18.1 Å². The summed E-state index contributed by atoms with van der Waals surface area (Å²) in [4.78, 5) is 4.16. The minimum Gasteiger partial charge on any atom is -0.448 e. The summed E-state index contributed by atoms with van der Waals surface area (Å²) in [6, 6.07) is 0. The Labute approximate surface area is 88.0 Å². The number of sulfone groups is 1. The van der Waals surface area contributed by atoms with Gasteiger partial charge < -0.3 is 9.52 Å². The highest BCUT2D eigenvalue weighted by Crippen LogP contribution is 2.28. The average molecular weight is 231 g/mol. The summed E-state index contributed by atoms with van der Waals surface area (Å²) in [6.07, 6.45) is 2.51. The third-order valence-electron chi connectivity index (χ3n) is 2.52. The van der Waals surface area contributed by atoms with Crippen LogP contribution in [0.15, 0.2) is 10.7 Å². The molecule has 84 valence electrons. The largest absolute Gasteiger partial charge is 0.448 e. The number of hydrogen-bond donors (Lipinski definition) is 1. The predicted octanol–water partition coefficient (Wildman–Crippen LogP) is 0.111. The molecule has 1 unspecified atom stereocenters. The topological polar surface area (TPSA) is 80.4 Å². The van der Waals surface area contributed by atoms with E-state index in [1.165, 1.54) is 6.26 Å². The number of nitrogens with zero attached hydrogens (tertiary/aromatic N) is 1. The van der Waals surface area contributed by atoms with Gasteiger partial charge in [0.15, 0.2) is 15.7 Å². The Morgan fingerprint density at radius 3 is 3.00 bits per heavy atom. The third kappa shape index (κ3) is 2.38. The number of oxazole rings is 1. The van der Waals surface area contributed by atoms with Crippen molar-refractivity contribution in [3.05, 3.63) is 17.8 Å². The number of rotatable bonds is 3. The molecule has 15 heavy (non-hydrogen) atoms. The van der Waals surface area contributed by atoms with E-state index < -0.39 is 9.84 Å². The van der Waals surface area contributed by atoms with Crippen molar-refractivity contribution in [3.63, 3.8) is 0 Å². The van der Waals surface area contributed by atoms with Crippen LogP contribution in [-0.4, -0.2) is 36.6 Å². The van der Waals surface area contributed by atoms with Gasteiger partial charge >= 0.3 is 0 Å². The molecule has 1 aromatic rings. The Hall–Kier alpha value is -0.880. The van der Waals surface area contributed by atoms with Crippen LogP contribution < -0.4 is 0 Å². The smallest absolute Gasteiger partial charge is 0.198 e. The van der Waals surface area contributed by atoms with E-state index in [4.69, 9.17) is 9.52 Å². The molecule has 6 heteroatoms. The van der Waals surface area contributed by atoms with E-state index in [9.17, 15) is 8.42 Å². The Bertz CT molecular complexity index is 437. The van der Waals surface area contributed by atoms with Crippen LogP contribution in [-0.2, 0) is 16.3 Å². The van der Waals surface area contributed by atoms with Crippen molar-refractivity contribution in [3.8, 4) is 0 Å². The van der Waals surface area contributed by atoms with Crippen molar-refractivity contribution in [2.45, 2.75) is 18.8 Å². The monoisotopic (exact) mass is 231 g/mol. The summed E-state index contributed by atoms with van der Waals surface area (Å²) >= 11 is 0. The van der Waals surface area contributed by atoms with Gasteiger partial charge in [-0.2, -0.15) is 0 Å².